The predicted molar refractivity (Wildman–Crippen MR) is 81.2 cm³/mol. The molecule has 112 valence electrons. The van der Waals surface area contributed by atoms with Gasteiger partial charge in [0.2, 0.25) is 0 Å². The number of fused-ring (bicyclic) bond motifs is 1. The van der Waals surface area contributed by atoms with Crippen LogP contribution in [-0.4, -0.2) is 95.3 Å². The standard InChI is InChI=1S/C10H8O8S2.2Na.2H/c11-7-1-5-2-8(12)10(20(16,17)18)4-6(5)3-9(7)19(13,14)15;;;;/h1-4,11-12H,(H,13,14,15)(H,16,17,18);;;;. The van der Waals surface area contributed by atoms with Crippen molar-refractivity contribution in [2.45, 2.75) is 9.79 Å². The van der Waals surface area contributed by atoms with Crippen LogP contribution >= 0.6 is 0 Å². The summed E-state index contributed by atoms with van der Waals surface area (Å²) in [6, 6.07) is 3.47. The molecule has 0 fully saturated rings. The molecule has 0 saturated heterocycles. The Morgan fingerprint density at radius 1 is 0.636 bits per heavy atom. The van der Waals surface area contributed by atoms with Crippen LogP contribution in [0.25, 0.3) is 10.8 Å². The molecule has 0 atom stereocenters. The van der Waals surface area contributed by atoms with Crippen molar-refractivity contribution in [3.8, 4) is 11.5 Å². The molecule has 2 aromatic carbocycles. The molecular formula is C10H10Na2O8S2. The minimum absolute atomic E-state index is 0. The fraction of sp³-hybridized carbons (Fsp3) is 0. The molecule has 0 aliphatic rings. The molecule has 2 rings (SSSR count). The van der Waals surface area contributed by atoms with Crippen molar-refractivity contribution in [3.63, 3.8) is 0 Å². The van der Waals surface area contributed by atoms with Crippen LogP contribution in [0.1, 0.15) is 0 Å². The summed E-state index contributed by atoms with van der Waals surface area (Å²) in [5.41, 5.74) is 0. The van der Waals surface area contributed by atoms with Crippen LogP contribution in [-0.2, 0) is 20.2 Å². The van der Waals surface area contributed by atoms with E-state index < -0.39 is 41.5 Å². The van der Waals surface area contributed by atoms with Crippen LogP contribution in [0.5, 0.6) is 11.5 Å². The summed E-state index contributed by atoms with van der Waals surface area (Å²) >= 11 is 0. The fourth-order valence-corrected chi connectivity index (χ4v) is 2.90. The molecule has 0 amide bonds. The molecule has 22 heavy (non-hydrogen) atoms. The Labute approximate surface area is 170 Å². The van der Waals surface area contributed by atoms with Gasteiger partial charge < -0.3 is 10.2 Å². The van der Waals surface area contributed by atoms with E-state index >= 15 is 0 Å². The zero-order valence-corrected chi connectivity index (χ0v) is 11.2. The van der Waals surface area contributed by atoms with Gasteiger partial charge in [-0.2, -0.15) is 16.8 Å². The summed E-state index contributed by atoms with van der Waals surface area (Å²) in [5.74, 6) is -1.53. The third-order valence-corrected chi connectivity index (χ3v) is 4.32. The van der Waals surface area contributed by atoms with E-state index in [1.807, 2.05) is 0 Å². The first-order valence-corrected chi connectivity index (χ1v) is 7.83. The third kappa shape index (κ3) is 4.57. The van der Waals surface area contributed by atoms with Gasteiger partial charge in [-0.3, -0.25) is 9.11 Å². The van der Waals surface area contributed by atoms with Gasteiger partial charge in [0.1, 0.15) is 21.3 Å². The molecule has 0 radical (unpaired) electrons. The van der Waals surface area contributed by atoms with Gasteiger partial charge in [0.05, 0.1) is 0 Å². The zero-order chi connectivity index (χ0) is 15.3. The summed E-state index contributed by atoms with van der Waals surface area (Å²) in [6.07, 6.45) is 0. The van der Waals surface area contributed by atoms with Crippen molar-refractivity contribution in [1.29, 1.82) is 0 Å². The molecular weight excluding hydrogens is 358 g/mol. The van der Waals surface area contributed by atoms with Gasteiger partial charge in [0, 0.05) is 0 Å². The van der Waals surface area contributed by atoms with E-state index in [1.165, 1.54) is 0 Å². The molecule has 0 spiro atoms. The van der Waals surface area contributed by atoms with E-state index in [9.17, 15) is 27.0 Å². The SMILES string of the molecule is O=S(=O)(O)c1cc2cc(S(=O)(=O)O)c(O)cc2cc1O.[NaH].[NaH]. The van der Waals surface area contributed by atoms with Crippen molar-refractivity contribution in [2.24, 2.45) is 0 Å². The van der Waals surface area contributed by atoms with Crippen molar-refractivity contribution in [1.82, 2.24) is 0 Å². The Morgan fingerprint density at radius 2 is 0.909 bits per heavy atom. The van der Waals surface area contributed by atoms with E-state index in [0.717, 1.165) is 24.3 Å². The molecule has 0 saturated carbocycles. The Kier molecular flexibility index (Phi) is 7.38. The van der Waals surface area contributed by atoms with Gasteiger partial charge >= 0.3 is 59.1 Å². The Morgan fingerprint density at radius 3 is 1.18 bits per heavy atom. The van der Waals surface area contributed by atoms with Crippen molar-refractivity contribution in [2.75, 3.05) is 0 Å². The predicted octanol–water partition coefficient (Wildman–Crippen LogP) is -0.553. The monoisotopic (exact) mass is 368 g/mol. The number of phenolic OH excluding ortho intramolecular Hbond substituents is 2. The van der Waals surface area contributed by atoms with Gasteiger partial charge in [0.25, 0.3) is 20.2 Å². The average molecular weight is 368 g/mol. The Balaban J connectivity index is 0.00000220. The van der Waals surface area contributed by atoms with E-state index in [1.54, 1.807) is 0 Å². The van der Waals surface area contributed by atoms with Crippen LogP contribution in [0.15, 0.2) is 34.1 Å². The first-order chi connectivity index (χ1) is 9.00. The molecule has 0 aromatic heterocycles. The molecule has 8 nitrogen and oxygen atoms in total. The number of rotatable bonds is 2. The second-order valence-electron chi connectivity index (χ2n) is 3.94. The molecule has 0 heterocycles. The number of benzene rings is 2. The molecule has 4 N–H and O–H groups in total. The van der Waals surface area contributed by atoms with E-state index in [2.05, 4.69) is 0 Å². The number of aromatic hydroxyl groups is 2. The van der Waals surface area contributed by atoms with Crippen molar-refractivity contribution >= 4 is 90.1 Å². The summed E-state index contributed by atoms with van der Waals surface area (Å²) < 4.78 is 61.9. The quantitative estimate of drug-likeness (QED) is 0.407. The second kappa shape index (κ2) is 7.34. The van der Waals surface area contributed by atoms with Gasteiger partial charge in [-0.15, -0.1) is 0 Å². The first kappa shape index (κ1) is 22.1. The summed E-state index contributed by atoms with van der Waals surface area (Å²) in [7, 11) is -9.42. The van der Waals surface area contributed by atoms with E-state index in [0.29, 0.717) is 0 Å². The molecule has 12 heteroatoms. The van der Waals surface area contributed by atoms with Crippen LogP contribution < -0.4 is 0 Å². The Bertz CT molecular complexity index is 849. The topological polar surface area (TPSA) is 149 Å². The summed E-state index contributed by atoms with van der Waals surface area (Å²) in [5, 5.41) is 19.0. The fourth-order valence-electron chi connectivity index (χ4n) is 1.70. The van der Waals surface area contributed by atoms with Crippen LogP contribution in [0, 0.1) is 0 Å². The van der Waals surface area contributed by atoms with Gasteiger partial charge in [-0.05, 0) is 35.0 Å². The average Bonchev–Trinajstić information content (AvgIpc) is 2.24. The first-order valence-electron chi connectivity index (χ1n) is 4.95. The van der Waals surface area contributed by atoms with Crippen LogP contribution in [0.4, 0.5) is 0 Å². The van der Waals surface area contributed by atoms with Crippen LogP contribution in [0.3, 0.4) is 0 Å². The molecule has 0 aliphatic carbocycles. The Hall–Kier alpha value is 0.120. The normalized spacial score (nSPS) is 11.5. The maximum absolute atomic E-state index is 11.0. The van der Waals surface area contributed by atoms with Crippen molar-refractivity contribution < 1.29 is 36.2 Å². The van der Waals surface area contributed by atoms with Gasteiger partial charge in [-0.1, -0.05) is 0 Å². The zero-order valence-electron chi connectivity index (χ0n) is 9.55. The van der Waals surface area contributed by atoms with E-state index in [4.69, 9.17) is 9.11 Å². The number of hydrogen-bond acceptors (Lipinski definition) is 6. The third-order valence-electron chi connectivity index (χ3n) is 2.55. The second-order valence-corrected chi connectivity index (χ2v) is 6.72. The molecule has 2 aromatic rings. The van der Waals surface area contributed by atoms with Gasteiger partial charge in [0.15, 0.2) is 0 Å². The van der Waals surface area contributed by atoms with Gasteiger partial charge in [-0.25, -0.2) is 0 Å². The maximum atomic E-state index is 11.0. The summed E-state index contributed by atoms with van der Waals surface area (Å²) in [4.78, 5) is -1.64. The summed E-state index contributed by atoms with van der Waals surface area (Å²) in [6.45, 7) is 0. The molecule has 0 bridgehead atoms. The van der Waals surface area contributed by atoms with E-state index in [-0.39, 0.29) is 69.9 Å². The van der Waals surface area contributed by atoms with Crippen LogP contribution in [0.2, 0.25) is 0 Å². The minimum atomic E-state index is -4.71. The number of phenols is 2. The molecule has 0 unspecified atom stereocenters. The molecule has 0 aliphatic heterocycles. The van der Waals surface area contributed by atoms with Crippen molar-refractivity contribution in [3.05, 3.63) is 24.3 Å². The number of hydrogen-bond donors (Lipinski definition) is 4.